The molecule has 10 heteroatoms. The van der Waals surface area contributed by atoms with E-state index in [-0.39, 0.29) is 18.7 Å². The van der Waals surface area contributed by atoms with Gasteiger partial charge < -0.3 is 9.47 Å². The highest BCUT2D eigenvalue weighted by Crippen LogP contribution is 2.28. The van der Waals surface area contributed by atoms with E-state index >= 15 is 0 Å². The number of thiazole rings is 1. The highest BCUT2D eigenvalue weighted by molar-refractivity contribution is 7.17. The summed E-state index contributed by atoms with van der Waals surface area (Å²) in [5.74, 6) is -1.60. The van der Waals surface area contributed by atoms with E-state index in [0.29, 0.717) is 15.7 Å². The van der Waals surface area contributed by atoms with Crippen molar-refractivity contribution in [1.29, 1.82) is 0 Å². The minimum atomic E-state index is -0.649. The Balaban J connectivity index is 1.81. The third-order valence-corrected chi connectivity index (χ3v) is 5.39. The van der Waals surface area contributed by atoms with Gasteiger partial charge in [0.05, 0.1) is 30.6 Å². The first kappa shape index (κ1) is 22.2. The van der Waals surface area contributed by atoms with Crippen molar-refractivity contribution in [2.24, 2.45) is 7.05 Å². The van der Waals surface area contributed by atoms with Crippen LogP contribution in [0.5, 0.6) is 0 Å². The van der Waals surface area contributed by atoms with E-state index in [1.54, 1.807) is 20.9 Å². The number of carbonyl (C=O) groups is 3. The van der Waals surface area contributed by atoms with Crippen LogP contribution in [-0.4, -0.2) is 45.8 Å². The minimum absolute atomic E-state index is 0.208. The summed E-state index contributed by atoms with van der Waals surface area (Å²) < 4.78 is 11.7. The van der Waals surface area contributed by atoms with Crippen LogP contribution in [0.1, 0.15) is 38.2 Å². The molecule has 31 heavy (non-hydrogen) atoms. The van der Waals surface area contributed by atoms with Gasteiger partial charge in [0, 0.05) is 13.2 Å². The lowest BCUT2D eigenvalue weighted by atomic mass is 10.2. The number of esters is 2. The summed E-state index contributed by atoms with van der Waals surface area (Å²) >= 11 is 1.06. The van der Waals surface area contributed by atoms with Gasteiger partial charge in [-0.1, -0.05) is 41.7 Å². The maximum absolute atomic E-state index is 13.0. The monoisotopic (exact) mass is 442 g/mol. The van der Waals surface area contributed by atoms with Crippen molar-refractivity contribution < 1.29 is 23.9 Å². The molecule has 0 aliphatic rings. The molecule has 3 rings (SSSR count). The number of hydrogen-bond donors (Lipinski definition) is 0. The number of aromatic nitrogens is 3. The summed E-state index contributed by atoms with van der Waals surface area (Å²) in [6.45, 7) is 3.37. The molecule has 0 saturated carbocycles. The largest absolute Gasteiger partial charge is 0.462 e. The number of anilines is 1. The average molecular weight is 442 g/mol. The first-order valence-corrected chi connectivity index (χ1v) is 10.3. The topological polar surface area (TPSA) is 104 Å². The lowest BCUT2D eigenvalue weighted by molar-refractivity contribution is -0.121. The van der Waals surface area contributed by atoms with Crippen molar-refractivity contribution in [2.45, 2.75) is 20.4 Å². The molecule has 0 radical (unpaired) electrons. The normalized spacial score (nSPS) is 10.5. The van der Waals surface area contributed by atoms with E-state index in [1.165, 1.54) is 22.0 Å². The highest BCUT2D eigenvalue weighted by Gasteiger charge is 2.25. The molecule has 0 bridgehead atoms. The highest BCUT2D eigenvalue weighted by atomic mass is 32.1. The van der Waals surface area contributed by atoms with Gasteiger partial charge in [0.2, 0.25) is 0 Å². The van der Waals surface area contributed by atoms with E-state index in [1.807, 2.05) is 30.3 Å². The molecule has 0 spiro atoms. The van der Waals surface area contributed by atoms with Crippen molar-refractivity contribution in [1.82, 2.24) is 14.8 Å². The Hall–Kier alpha value is -3.53. The quantitative estimate of drug-likeness (QED) is 0.494. The molecule has 1 aromatic carbocycles. The molecule has 2 heterocycles. The van der Waals surface area contributed by atoms with Gasteiger partial charge in [0.15, 0.2) is 11.7 Å². The molecule has 9 nitrogen and oxygen atoms in total. The molecule has 0 saturated heterocycles. The van der Waals surface area contributed by atoms with Crippen LogP contribution in [0.2, 0.25) is 0 Å². The molecule has 3 aromatic rings. The van der Waals surface area contributed by atoms with Gasteiger partial charge in [0.25, 0.3) is 5.91 Å². The van der Waals surface area contributed by atoms with Gasteiger partial charge in [0.1, 0.15) is 4.88 Å². The second kappa shape index (κ2) is 9.98. The standard InChI is InChI=1S/C21H22N4O5S/c1-4-29-20(28)18-14(2)23-21(31-18)25(11-15-8-6-5-7-9-15)17(26)13-30-19(27)16-10-22-24(3)12-16/h5-10,12H,4,11,13H2,1-3H3. The zero-order valence-electron chi connectivity index (χ0n) is 17.4. The van der Waals surface area contributed by atoms with Crippen LogP contribution in [-0.2, 0) is 27.9 Å². The number of rotatable bonds is 8. The van der Waals surface area contributed by atoms with Crippen molar-refractivity contribution >= 4 is 34.3 Å². The first-order valence-electron chi connectivity index (χ1n) is 9.53. The number of amides is 1. The maximum atomic E-state index is 13.0. The molecule has 1 amide bonds. The first-order chi connectivity index (χ1) is 14.9. The van der Waals surface area contributed by atoms with E-state index in [9.17, 15) is 14.4 Å². The molecule has 0 fully saturated rings. The molecule has 0 unspecified atom stereocenters. The molecule has 0 atom stereocenters. The summed E-state index contributed by atoms with van der Waals surface area (Å²) in [5, 5.41) is 4.24. The van der Waals surface area contributed by atoms with Crippen LogP contribution < -0.4 is 4.90 Å². The Morgan fingerprint density at radius 2 is 1.87 bits per heavy atom. The van der Waals surface area contributed by atoms with Crippen molar-refractivity contribution in [3.63, 3.8) is 0 Å². The Morgan fingerprint density at radius 3 is 2.52 bits per heavy atom. The summed E-state index contributed by atoms with van der Waals surface area (Å²) in [7, 11) is 1.68. The fourth-order valence-electron chi connectivity index (χ4n) is 2.73. The number of aryl methyl sites for hydroxylation is 2. The van der Waals surface area contributed by atoms with Crippen LogP contribution in [0.4, 0.5) is 5.13 Å². The van der Waals surface area contributed by atoms with Crippen molar-refractivity contribution in [3.8, 4) is 0 Å². The predicted molar refractivity (Wildman–Crippen MR) is 114 cm³/mol. The van der Waals surface area contributed by atoms with Gasteiger partial charge >= 0.3 is 11.9 Å². The van der Waals surface area contributed by atoms with Gasteiger partial charge in [-0.2, -0.15) is 5.10 Å². The molecular weight excluding hydrogens is 420 g/mol. The van der Waals surface area contributed by atoms with E-state index < -0.39 is 24.5 Å². The van der Waals surface area contributed by atoms with Crippen LogP contribution in [0.3, 0.4) is 0 Å². The second-order valence-corrected chi connectivity index (χ2v) is 7.55. The molecule has 0 aliphatic carbocycles. The van der Waals surface area contributed by atoms with Crippen LogP contribution in [0, 0.1) is 6.92 Å². The fraction of sp³-hybridized carbons (Fsp3) is 0.286. The minimum Gasteiger partial charge on any atom is -0.462 e. The second-order valence-electron chi connectivity index (χ2n) is 6.58. The predicted octanol–water partition coefficient (Wildman–Crippen LogP) is 2.75. The molecular formula is C21H22N4O5S. The van der Waals surface area contributed by atoms with Crippen LogP contribution in [0.15, 0.2) is 42.7 Å². The number of hydrogen-bond acceptors (Lipinski definition) is 8. The van der Waals surface area contributed by atoms with E-state index in [4.69, 9.17) is 9.47 Å². The number of ether oxygens (including phenoxy) is 2. The smallest absolute Gasteiger partial charge is 0.350 e. The lowest BCUT2D eigenvalue weighted by Gasteiger charge is -2.20. The van der Waals surface area contributed by atoms with E-state index in [2.05, 4.69) is 10.1 Å². The maximum Gasteiger partial charge on any atom is 0.350 e. The zero-order valence-corrected chi connectivity index (χ0v) is 18.2. The van der Waals surface area contributed by atoms with E-state index in [0.717, 1.165) is 16.9 Å². The SMILES string of the molecule is CCOC(=O)c1sc(N(Cc2ccccc2)C(=O)COC(=O)c2cnn(C)c2)nc1C. The molecule has 0 N–H and O–H groups in total. The van der Waals surface area contributed by atoms with Crippen LogP contribution >= 0.6 is 11.3 Å². The van der Waals surface area contributed by atoms with Crippen molar-refractivity contribution in [2.75, 3.05) is 18.1 Å². The Bertz CT molecular complexity index is 1080. The van der Waals surface area contributed by atoms with Crippen molar-refractivity contribution in [3.05, 3.63) is 64.4 Å². The van der Waals surface area contributed by atoms with Gasteiger partial charge in [-0.3, -0.25) is 14.4 Å². The van der Waals surface area contributed by atoms with Gasteiger partial charge in [-0.05, 0) is 19.4 Å². The third kappa shape index (κ3) is 5.54. The number of benzene rings is 1. The fourth-order valence-corrected chi connectivity index (χ4v) is 3.70. The summed E-state index contributed by atoms with van der Waals surface area (Å²) in [4.78, 5) is 43.4. The number of nitrogens with zero attached hydrogens (tertiary/aromatic N) is 4. The number of carbonyl (C=O) groups excluding carboxylic acids is 3. The van der Waals surface area contributed by atoms with Gasteiger partial charge in [-0.15, -0.1) is 0 Å². The Morgan fingerprint density at radius 1 is 1.13 bits per heavy atom. The zero-order chi connectivity index (χ0) is 22.4. The Labute approximate surface area is 183 Å². The molecule has 2 aromatic heterocycles. The third-order valence-electron chi connectivity index (χ3n) is 4.23. The average Bonchev–Trinajstić information content (AvgIpc) is 3.36. The summed E-state index contributed by atoms with van der Waals surface area (Å²) in [5.41, 5.74) is 1.58. The summed E-state index contributed by atoms with van der Waals surface area (Å²) in [6, 6.07) is 9.33. The summed E-state index contributed by atoms with van der Waals surface area (Å²) in [6.07, 6.45) is 2.87. The van der Waals surface area contributed by atoms with Gasteiger partial charge in [-0.25, -0.2) is 14.6 Å². The Kier molecular flexibility index (Phi) is 7.14. The van der Waals surface area contributed by atoms with Crippen LogP contribution in [0.25, 0.3) is 0 Å². The molecule has 162 valence electrons. The molecule has 0 aliphatic heterocycles. The lowest BCUT2D eigenvalue weighted by Crippen LogP contribution is -2.34.